The zero-order chi connectivity index (χ0) is 20.5. The van der Waals surface area contributed by atoms with Gasteiger partial charge in [0.05, 0.1) is 17.1 Å². The van der Waals surface area contributed by atoms with Crippen molar-refractivity contribution in [2.75, 3.05) is 13.7 Å². The molecule has 146 valence electrons. The summed E-state index contributed by atoms with van der Waals surface area (Å²) < 4.78 is 5.39. The van der Waals surface area contributed by atoms with Crippen molar-refractivity contribution in [2.24, 2.45) is 5.92 Å². The molecule has 1 aromatic carbocycles. The number of carbonyl (C=O) groups is 2. The van der Waals surface area contributed by atoms with Gasteiger partial charge in [-0.05, 0) is 50.7 Å². The van der Waals surface area contributed by atoms with Crippen molar-refractivity contribution in [1.29, 1.82) is 5.26 Å². The van der Waals surface area contributed by atoms with Gasteiger partial charge in [0.1, 0.15) is 5.54 Å². The predicted octanol–water partition coefficient (Wildman–Crippen LogP) is 3.28. The number of rotatable bonds is 4. The number of nitriles is 1. The van der Waals surface area contributed by atoms with Crippen molar-refractivity contribution in [2.45, 2.75) is 45.6 Å². The average molecular weight is 379 g/mol. The molecule has 1 atom stereocenters. The fraction of sp³-hybridized carbons (Fsp3) is 0.455. The highest BCUT2D eigenvalue weighted by molar-refractivity contribution is 6.05. The van der Waals surface area contributed by atoms with E-state index in [1.165, 1.54) is 11.9 Å². The Kier molecular flexibility index (Phi) is 5.37. The van der Waals surface area contributed by atoms with Crippen LogP contribution in [0.25, 0.3) is 10.9 Å². The molecule has 1 aliphatic carbocycles. The Bertz CT molecular complexity index is 975. The van der Waals surface area contributed by atoms with Crippen molar-refractivity contribution in [3.8, 4) is 6.07 Å². The Morgan fingerprint density at radius 1 is 1.36 bits per heavy atom. The molecular weight excluding hydrogens is 354 g/mol. The Morgan fingerprint density at radius 3 is 2.79 bits per heavy atom. The first-order chi connectivity index (χ1) is 13.2. The number of pyridine rings is 1. The van der Waals surface area contributed by atoms with Gasteiger partial charge in [-0.3, -0.25) is 9.78 Å². The second-order valence-corrected chi connectivity index (χ2v) is 7.98. The number of fused-ring (bicyclic) bond motifs is 2. The number of para-hydroxylation sites is 1. The van der Waals surface area contributed by atoms with Crippen LogP contribution in [0.4, 0.5) is 0 Å². The van der Waals surface area contributed by atoms with Crippen LogP contribution in [-0.4, -0.2) is 41.0 Å². The minimum absolute atomic E-state index is 0.401. The molecule has 0 fully saturated rings. The molecule has 1 aliphatic rings. The third kappa shape index (κ3) is 3.70. The standard InChI is InChI=1S/C22H25N3O3/c1-14-9-10-18-16(11-14)20(15-7-5-6-8-17(15)24-18)21(27)28-12-19(26)25(4)22(2,3)13-23/h5-8,14H,9-12H2,1-4H3/t14-/m1/s1. The molecule has 1 aromatic heterocycles. The highest BCUT2D eigenvalue weighted by Crippen LogP contribution is 2.32. The van der Waals surface area contributed by atoms with Crippen molar-refractivity contribution in [3.05, 3.63) is 41.1 Å². The number of ether oxygens (including phenoxy) is 1. The second kappa shape index (κ2) is 7.59. The molecule has 1 amide bonds. The zero-order valence-corrected chi connectivity index (χ0v) is 16.8. The molecule has 0 aliphatic heterocycles. The number of hydrogen-bond donors (Lipinski definition) is 0. The summed E-state index contributed by atoms with van der Waals surface area (Å²) in [4.78, 5) is 31.4. The number of esters is 1. The molecule has 2 aromatic rings. The van der Waals surface area contributed by atoms with Gasteiger partial charge >= 0.3 is 5.97 Å². The van der Waals surface area contributed by atoms with Crippen molar-refractivity contribution < 1.29 is 14.3 Å². The lowest BCUT2D eigenvalue weighted by atomic mass is 9.84. The molecule has 0 saturated heterocycles. The first kappa shape index (κ1) is 19.8. The summed E-state index contributed by atoms with van der Waals surface area (Å²) >= 11 is 0. The van der Waals surface area contributed by atoms with Gasteiger partial charge in [0.25, 0.3) is 5.91 Å². The number of carbonyl (C=O) groups excluding carboxylic acids is 2. The van der Waals surface area contributed by atoms with Gasteiger partial charge < -0.3 is 9.64 Å². The Morgan fingerprint density at radius 2 is 2.07 bits per heavy atom. The first-order valence-electron chi connectivity index (χ1n) is 9.50. The third-order valence-electron chi connectivity index (χ3n) is 5.52. The Balaban J connectivity index is 1.91. The zero-order valence-electron chi connectivity index (χ0n) is 16.8. The molecule has 0 N–H and O–H groups in total. The highest BCUT2D eigenvalue weighted by Gasteiger charge is 2.30. The molecule has 0 bridgehead atoms. The monoisotopic (exact) mass is 379 g/mol. The van der Waals surface area contributed by atoms with E-state index in [4.69, 9.17) is 9.72 Å². The van der Waals surface area contributed by atoms with Gasteiger partial charge in [0.15, 0.2) is 6.61 Å². The highest BCUT2D eigenvalue weighted by atomic mass is 16.5. The Hall–Kier alpha value is -2.94. The van der Waals surface area contributed by atoms with Gasteiger partial charge in [-0.15, -0.1) is 0 Å². The maximum atomic E-state index is 13.0. The number of likely N-dealkylation sites (N-methyl/N-ethyl adjacent to an activating group) is 1. The van der Waals surface area contributed by atoms with Crippen LogP contribution in [0.15, 0.2) is 24.3 Å². The summed E-state index contributed by atoms with van der Waals surface area (Å²) in [6, 6.07) is 9.58. The summed E-state index contributed by atoms with van der Waals surface area (Å²) in [6.07, 6.45) is 2.64. The summed E-state index contributed by atoms with van der Waals surface area (Å²) in [6.45, 7) is 5.04. The van der Waals surface area contributed by atoms with E-state index in [2.05, 4.69) is 13.0 Å². The lowest BCUT2D eigenvalue weighted by molar-refractivity contribution is -0.136. The van der Waals surface area contributed by atoms with E-state index in [9.17, 15) is 14.9 Å². The number of amides is 1. The largest absolute Gasteiger partial charge is 0.452 e. The summed E-state index contributed by atoms with van der Waals surface area (Å²) in [5.41, 5.74) is 2.18. The molecule has 6 heteroatoms. The van der Waals surface area contributed by atoms with E-state index in [0.717, 1.165) is 41.4 Å². The van der Waals surface area contributed by atoms with Crippen LogP contribution in [-0.2, 0) is 22.4 Å². The van der Waals surface area contributed by atoms with Gasteiger partial charge in [-0.25, -0.2) is 4.79 Å². The van der Waals surface area contributed by atoms with Gasteiger partial charge in [0, 0.05) is 18.1 Å². The number of nitrogens with zero attached hydrogens (tertiary/aromatic N) is 3. The van der Waals surface area contributed by atoms with Crippen LogP contribution in [0.2, 0.25) is 0 Å². The van der Waals surface area contributed by atoms with E-state index in [0.29, 0.717) is 11.5 Å². The fourth-order valence-corrected chi connectivity index (χ4v) is 3.48. The molecular formula is C22H25N3O3. The number of aromatic nitrogens is 1. The van der Waals surface area contributed by atoms with Gasteiger partial charge in [-0.2, -0.15) is 5.26 Å². The van der Waals surface area contributed by atoms with Crippen LogP contribution < -0.4 is 0 Å². The van der Waals surface area contributed by atoms with Crippen molar-refractivity contribution >= 4 is 22.8 Å². The van der Waals surface area contributed by atoms with E-state index in [1.54, 1.807) is 13.8 Å². The fourth-order valence-electron chi connectivity index (χ4n) is 3.48. The topological polar surface area (TPSA) is 83.3 Å². The lowest BCUT2D eigenvalue weighted by Gasteiger charge is -2.29. The minimum Gasteiger partial charge on any atom is -0.452 e. The van der Waals surface area contributed by atoms with Crippen LogP contribution in [0.5, 0.6) is 0 Å². The molecule has 6 nitrogen and oxygen atoms in total. The molecule has 1 heterocycles. The van der Waals surface area contributed by atoms with E-state index in [1.807, 2.05) is 24.3 Å². The third-order valence-corrected chi connectivity index (χ3v) is 5.52. The quantitative estimate of drug-likeness (QED) is 0.761. The van der Waals surface area contributed by atoms with Crippen molar-refractivity contribution in [1.82, 2.24) is 9.88 Å². The van der Waals surface area contributed by atoms with E-state index in [-0.39, 0.29) is 0 Å². The van der Waals surface area contributed by atoms with Crippen LogP contribution in [0, 0.1) is 17.2 Å². The van der Waals surface area contributed by atoms with Crippen molar-refractivity contribution in [3.63, 3.8) is 0 Å². The van der Waals surface area contributed by atoms with E-state index >= 15 is 0 Å². The van der Waals surface area contributed by atoms with Gasteiger partial charge in [0.2, 0.25) is 0 Å². The maximum Gasteiger partial charge on any atom is 0.339 e. The molecule has 28 heavy (non-hydrogen) atoms. The number of benzene rings is 1. The average Bonchev–Trinajstić information content (AvgIpc) is 2.69. The molecule has 0 spiro atoms. The summed E-state index contributed by atoms with van der Waals surface area (Å²) in [5.74, 6) is -0.466. The SMILES string of the molecule is C[C@@H]1CCc2nc3ccccc3c(C(=O)OCC(=O)N(C)C(C)(C)C#N)c2C1. The Labute approximate surface area is 165 Å². The number of aryl methyl sites for hydroxylation is 1. The maximum absolute atomic E-state index is 13.0. The minimum atomic E-state index is -0.971. The molecule has 0 saturated carbocycles. The predicted molar refractivity (Wildman–Crippen MR) is 106 cm³/mol. The van der Waals surface area contributed by atoms with Crippen LogP contribution in [0.1, 0.15) is 48.8 Å². The number of hydrogen-bond acceptors (Lipinski definition) is 5. The second-order valence-electron chi connectivity index (χ2n) is 7.98. The summed E-state index contributed by atoms with van der Waals surface area (Å²) in [5, 5.41) is 9.93. The van der Waals surface area contributed by atoms with Crippen LogP contribution in [0.3, 0.4) is 0 Å². The summed E-state index contributed by atoms with van der Waals surface area (Å²) in [7, 11) is 1.53. The smallest absolute Gasteiger partial charge is 0.339 e. The first-order valence-corrected chi connectivity index (χ1v) is 9.50. The lowest BCUT2D eigenvalue weighted by Crippen LogP contribution is -2.45. The normalized spacial score (nSPS) is 16.2. The van der Waals surface area contributed by atoms with Gasteiger partial charge in [-0.1, -0.05) is 25.1 Å². The molecule has 0 radical (unpaired) electrons. The molecule has 0 unspecified atom stereocenters. The molecule has 3 rings (SSSR count). The van der Waals surface area contributed by atoms with E-state index < -0.39 is 24.0 Å². The van der Waals surface area contributed by atoms with Crippen LogP contribution >= 0.6 is 0 Å².